The van der Waals surface area contributed by atoms with Gasteiger partial charge in [0.15, 0.2) is 5.82 Å². The lowest BCUT2D eigenvalue weighted by Gasteiger charge is -2.19. The van der Waals surface area contributed by atoms with Crippen molar-refractivity contribution in [3.8, 4) is 0 Å². The van der Waals surface area contributed by atoms with E-state index >= 15 is 0 Å². The van der Waals surface area contributed by atoms with E-state index in [0.29, 0.717) is 5.92 Å². The molecule has 1 atom stereocenters. The molecule has 0 amide bonds. The van der Waals surface area contributed by atoms with Gasteiger partial charge in [-0.05, 0) is 11.1 Å². The Morgan fingerprint density at radius 3 is 2.43 bits per heavy atom. The van der Waals surface area contributed by atoms with E-state index in [-0.39, 0.29) is 6.04 Å². The normalized spacial score (nSPS) is 13.5. The summed E-state index contributed by atoms with van der Waals surface area (Å²) in [6.07, 6.45) is 2.94. The first-order valence-electron chi connectivity index (χ1n) is 5.15. The fourth-order valence-corrected chi connectivity index (χ4v) is 1.68. The molecule has 0 bridgehead atoms. The number of aryl methyl sites for hydroxylation is 1. The monoisotopic (exact) mass is 197 g/mol. The predicted octanol–water partition coefficient (Wildman–Crippen LogP) is 0.516. The van der Waals surface area contributed by atoms with Gasteiger partial charge in [0.05, 0.1) is 7.05 Å². The number of rotatable bonds is 5. The largest absolute Gasteiger partial charge is 0.327 e. The molecule has 0 spiro atoms. The smallest absolute Gasteiger partial charge is 0.176 e. The highest BCUT2D eigenvalue weighted by atomic mass is 15.6. The van der Waals surface area contributed by atoms with Gasteiger partial charge in [0, 0.05) is 12.5 Å². The van der Waals surface area contributed by atoms with E-state index < -0.39 is 0 Å². The second-order valence-electron chi connectivity index (χ2n) is 3.64. The lowest BCUT2D eigenvalue weighted by Crippen LogP contribution is -2.32. The van der Waals surface area contributed by atoms with Crippen molar-refractivity contribution in [2.75, 3.05) is 0 Å². The fourth-order valence-electron chi connectivity index (χ4n) is 1.68. The third-order valence-electron chi connectivity index (χ3n) is 2.62. The summed E-state index contributed by atoms with van der Waals surface area (Å²) in [5.41, 5.74) is 6.06. The third kappa shape index (κ3) is 2.77. The van der Waals surface area contributed by atoms with Crippen LogP contribution >= 0.6 is 0 Å². The number of tetrazole rings is 1. The van der Waals surface area contributed by atoms with E-state index in [9.17, 15) is 0 Å². The van der Waals surface area contributed by atoms with Crippen molar-refractivity contribution in [2.45, 2.75) is 39.2 Å². The first kappa shape index (κ1) is 11.1. The number of nitrogens with zero attached hydrogens (tertiary/aromatic N) is 4. The molecule has 80 valence electrons. The van der Waals surface area contributed by atoms with Gasteiger partial charge < -0.3 is 5.73 Å². The maximum atomic E-state index is 6.06. The van der Waals surface area contributed by atoms with E-state index in [4.69, 9.17) is 5.73 Å². The van der Waals surface area contributed by atoms with Crippen LogP contribution in [0.5, 0.6) is 0 Å². The zero-order valence-corrected chi connectivity index (χ0v) is 9.14. The highest BCUT2D eigenvalue weighted by Gasteiger charge is 2.16. The first-order chi connectivity index (χ1) is 6.67. The molecule has 14 heavy (non-hydrogen) atoms. The van der Waals surface area contributed by atoms with Crippen LogP contribution in [0.1, 0.15) is 32.5 Å². The highest BCUT2D eigenvalue weighted by Crippen LogP contribution is 2.13. The summed E-state index contributed by atoms with van der Waals surface area (Å²) in [5, 5.41) is 11.8. The Morgan fingerprint density at radius 1 is 1.36 bits per heavy atom. The molecule has 0 aliphatic heterocycles. The van der Waals surface area contributed by atoms with Crippen molar-refractivity contribution in [2.24, 2.45) is 18.7 Å². The standard InChI is InChI=1S/C9H19N5/c1-4-7(5-2)8(10)6-9-11-13-14(3)12-9/h7-8H,4-6,10H2,1-3H3. The van der Waals surface area contributed by atoms with Crippen molar-refractivity contribution in [3.05, 3.63) is 5.82 Å². The molecule has 1 rings (SSSR count). The molecule has 1 heterocycles. The summed E-state index contributed by atoms with van der Waals surface area (Å²) >= 11 is 0. The minimum Gasteiger partial charge on any atom is -0.327 e. The van der Waals surface area contributed by atoms with Gasteiger partial charge in [-0.25, -0.2) is 0 Å². The second kappa shape index (κ2) is 5.05. The number of hydrogen-bond acceptors (Lipinski definition) is 4. The van der Waals surface area contributed by atoms with E-state index in [0.717, 1.165) is 25.1 Å². The van der Waals surface area contributed by atoms with E-state index in [1.807, 2.05) is 0 Å². The molecule has 1 aromatic heterocycles. The van der Waals surface area contributed by atoms with Gasteiger partial charge >= 0.3 is 0 Å². The molecule has 5 nitrogen and oxygen atoms in total. The zero-order chi connectivity index (χ0) is 10.6. The fraction of sp³-hybridized carbons (Fsp3) is 0.889. The Morgan fingerprint density at radius 2 is 2.00 bits per heavy atom. The number of hydrogen-bond donors (Lipinski definition) is 1. The van der Waals surface area contributed by atoms with Crippen LogP contribution in [0, 0.1) is 5.92 Å². The molecule has 5 heteroatoms. The quantitative estimate of drug-likeness (QED) is 0.747. The molecular weight excluding hydrogens is 178 g/mol. The molecule has 1 unspecified atom stereocenters. The molecule has 0 aliphatic rings. The van der Waals surface area contributed by atoms with E-state index in [1.165, 1.54) is 4.80 Å². The van der Waals surface area contributed by atoms with Crippen LogP contribution in [0.15, 0.2) is 0 Å². The summed E-state index contributed by atoms with van der Waals surface area (Å²) < 4.78 is 0. The average Bonchev–Trinajstić information content (AvgIpc) is 2.53. The lowest BCUT2D eigenvalue weighted by molar-refractivity contribution is 0.388. The molecule has 0 aliphatic carbocycles. The summed E-state index contributed by atoms with van der Waals surface area (Å²) in [6.45, 7) is 4.33. The minimum absolute atomic E-state index is 0.147. The van der Waals surface area contributed by atoms with Crippen molar-refractivity contribution >= 4 is 0 Å². The average molecular weight is 197 g/mol. The van der Waals surface area contributed by atoms with Crippen LogP contribution in [0.4, 0.5) is 0 Å². The molecule has 0 aromatic carbocycles. The Labute approximate surface area is 84.7 Å². The van der Waals surface area contributed by atoms with Crippen molar-refractivity contribution in [3.63, 3.8) is 0 Å². The molecule has 0 fully saturated rings. The molecule has 0 saturated heterocycles. The molecule has 0 saturated carbocycles. The van der Waals surface area contributed by atoms with Crippen molar-refractivity contribution in [1.82, 2.24) is 20.2 Å². The number of nitrogens with two attached hydrogens (primary N) is 1. The Bertz CT molecular complexity index is 266. The van der Waals surface area contributed by atoms with Crippen LogP contribution in [0.25, 0.3) is 0 Å². The van der Waals surface area contributed by atoms with Crippen molar-refractivity contribution in [1.29, 1.82) is 0 Å². The van der Waals surface area contributed by atoms with Gasteiger partial charge in [0.2, 0.25) is 0 Å². The van der Waals surface area contributed by atoms with Gasteiger partial charge in [-0.1, -0.05) is 26.7 Å². The molecule has 1 aromatic rings. The van der Waals surface area contributed by atoms with Gasteiger partial charge in [-0.2, -0.15) is 4.80 Å². The van der Waals surface area contributed by atoms with Gasteiger partial charge in [0.1, 0.15) is 0 Å². The van der Waals surface area contributed by atoms with Crippen LogP contribution < -0.4 is 5.73 Å². The Kier molecular flexibility index (Phi) is 4.00. The maximum absolute atomic E-state index is 6.06. The second-order valence-corrected chi connectivity index (χ2v) is 3.64. The van der Waals surface area contributed by atoms with E-state index in [1.54, 1.807) is 7.05 Å². The van der Waals surface area contributed by atoms with Gasteiger partial charge in [-0.15, -0.1) is 10.2 Å². The maximum Gasteiger partial charge on any atom is 0.176 e. The van der Waals surface area contributed by atoms with Crippen LogP contribution in [0.2, 0.25) is 0 Å². The van der Waals surface area contributed by atoms with Crippen LogP contribution in [-0.4, -0.2) is 26.2 Å². The Balaban J connectivity index is 2.51. The van der Waals surface area contributed by atoms with Crippen molar-refractivity contribution < 1.29 is 0 Å². The summed E-state index contributed by atoms with van der Waals surface area (Å²) in [5.74, 6) is 1.30. The molecule has 0 radical (unpaired) electrons. The summed E-state index contributed by atoms with van der Waals surface area (Å²) in [4.78, 5) is 1.47. The van der Waals surface area contributed by atoms with E-state index in [2.05, 4.69) is 29.3 Å². The SMILES string of the molecule is CCC(CC)C(N)Cc1nnn(C)n1. The molecular formula is C9H19N5. The minimum atomic E-state index is 0.147. The van der Waals surface area contributed by atoms with Crippen LogP contribution in [-0.2, 0) is 13.5 Å². The van der Waals surface area contributed by atoms with Crippen LogP contribution in [0.3, 0.4) is 0 Å². The molecule has 2 N–H and O–H groups in total. The Hall–Kier alpha value is -0.970. The highest BCUT2D eigenvalue weighted by molar-refractivity contribution is 4.85. The zero-order valence-electron chi connectivity index (χ0n) is 9.14. The number of aromatic nitrogens is 4. The van der Waals surface area contributed by atoms with Gasteiger partial charge in [-0.3, -0.25) is 0 Å². The summed E-state index contributed by atoms with van der Waals surface area (Å²) in [6, 6.07) is 0.147. The predicted molar refractivity (Wildman–Crippen MR) is 54.5 cm³/mol. The van der Waals surface area contributed by atoms with Gasteiger partial charge in [0.25, 0.3) is 0 Å². The summed E-state index contributed by atoms with van der Waals surface area (Å²) in [7, 11) is 1.76. The lowest BCUT2D eigenvalue weighted by atomic mass is 9.92. The first-order valence-corrected chi connectivity index (χ1v) is 5.15. The third-order valence-corrected chi connectivity index (χ3v) is 2.62. The topological polar surface area (TPSA) is 69.6 Å².